The van der Waals surface area contributed by atoms with Crippen molar-refractivity contribution in [2.45, 2.75) is 25.3 Å². The number of anilines is 1. The molecule has 0 aliphatic heterocycles. The highest BCUT2D eigenvalue weighted by molar-refractivity contribution is 7.91. The third-order valence-corrected chi connectivity index (χ3v) is 5.37. The number of amides is 1. The van der Waals surface area contributed by atoms with Gasteiger partial charge in [-0.3, -0.25) is 4.79 Å². The summed E-state index contributed by atoms with van der Waals surface area (Å²) in [4.78, 5) is 12.5. The molecule has 6 heteroatoms. The molecule has 5 nitrogen and oxygen atoms in total. The molecule has 2 rings (SSSR count). The Morgan fingerprint density at radius 3 is 2.38 bits per heavy atom. The molecule has 0 saturated carbocycles. The minimum atomic E-state index is -3.25. The van der Waals surface area contributed by atoms with E-state index in [9.17, 15) is 13.2 Å². The van der Waals surface area contributed by atoms with Crippen LogP contribution < -0.4 is 10.6 Å². The summed E-state index contributed by atoms with van der Waals surface area (Å²) in [7, 11) is -3.25. The molecule has 0 aromatic heterocycles. The highest BCUT2D eigenvalue weighted by Crippen LogP contribution is 2.15. The maximum atomic E-state index is 12.3. The van der Waals surface area contributed by atoms with Gasteiger partial charge in [0.05, 0.1) is 10.6 Å². The Morgan fingerprint density at radius 1 is 1.04 bits per heavy atom. The Kier molecular flexibility index (Phi) is 6.11. The van der Waals surface area contributed by atoms with Gasteiger partial charge in [-0.25, -0.2) is 8.42 Å². The van der Waals surface area contributed by atoms with Crippen LogP contribution in [0.4, 0.5) is 5.69 Å². The molecule has 0 unspecified atom stereocenters. The van der Waals surface area contributed by atoms with Gasteiger partial charge in [0.25, 0.3) is 5.91 Å². The second kappa shape index (κ2) is 8.08. The number of carbonyl (C=O) groups is 1. The van der Waals surface area contributed by atoms with Crippen LogP contribution in [-0.2, 0) is 16.4 Å². The number of hydrogen-bond donors (Lipinski definition) is 2. The van der Waals surface area contributed by atoms with Gasteiger partial charge in [-0.1, -0.05) is 26.0 Å². The molecule has 0 radical (unpaired) electrons. The lowest BCUT2D eigenvalue weighted by Gasteiger charge is -2.08. The number of nitrogens with one attached hydrogen (secondary N) is 2. The maximum Gasteiger partial charge on any atom is 0.255 e. The Morgan fingerprint density at radius 2 is 1.75 bits per heavy atom. The van der Waals surface area contributed by atoms with Gasteiger partial charge in [0, 0.05) is 17.8 Å². The highest BCUT2D eigenvalue weighted by atomic mass is 32.2. The van der Waals surface area contributed by atoms with E-state index in [1.54, 1.807) is 6.92 Å². The lowest BCUT2D eigenvalue weighted by molar-refractivity contribution is 0.102. The van der Waals surface area contributed by atoms with Gasteiger partial charge in [0.1, 0.15) is 0 Å². The van der Waals surface area contributed by atoms with Crippen LogP contribution in [0.3, 0.4) is 0 Å². The zero-order valence-electron chi connectivity index (χ0n) is 13.9. The molecule has 128 valence electrons. The maximum absolute atomic E-state index is 12.3. The topological polar surface area (TPSA) is 75.3 Å². The molecule has 0 atom stereocenters. The van der Waals surface area contributed by atoms with Gasteiger partial charge in [0.2, 0.25) is 0 Å². The summed E-state index contributed by atoms with van der Waals surface area (Å²) in [5.41, 5.74) is 2.21. The highest BCUT2D eigenvalue weighted by Gasteiger charge is 2.13. The fraction of sp³-hybridized carbons (Fsp3) is 0.278. The Bertz CT molecular complexity index is 799. The van der Waals surface area contributed by atoms with Crippen molar-refractivity contribution in [2.75, 3.05) is 17.6 Å². The Hall–Kier alpha value is -2.18. The predicted molar refractivity (Wildman–Crippen MR) is 95.9 cm³/mol. The minimum absolute atomic E-state index is 0.0388. The zero-order chi connectivity index (χ0) is 17.6. The first-order valence-corrected chi connectivity index (χ1v) is 9.55. The van der Waals surface area contributed by atoms with Crippen molar-refractivity contribution in [3.8, 4) is 0 Å². The summed E-state index contributed by atoms with van der Waals surface area (Å²) in [5.74, 6) is -0.229. The molecule has 24 heavy (non-hydrogen) atoms. The third kappa shape index (κ3) is 4.66. The molecule has 0 bridgehead atoms. The quantitative estimate of drug-likeness (QED) is 0.808. The second-order valence-electron chi connectivity index (χ2n) is 5.36. The monoisotopic (exact) mass is 346 g/mol. The lowest BCUT2D eigenvalue weighted by atomic mass is 10.1. The van der Waals surface area contributed by atoms with Gasteiger partial charge in [0.15, 0.2) is 9.84 Å². The smallest absolute Gasteiger partial charge is 0.255 e. The van der Waals surface area contributed by atoms with Gasteiger partial charge in [-0.05, 0) is 48.5 Å². The number of sulfone groups is 1. The average molecular weight is 346 g/mol. The van der Waals surface area contributed by atoms with Crippen molar-refractivity contribution >= 4 is 21.4 Å². The van der Waals surface area contributed by atoms with E-state index in [0.29, 0.717) is 11.3 Å². The minimum Gasteiger partial charge on any atom is -0.322 e. The normalized spacial score (nSPS) is 11.2. The fourth-order valence-corrected chi connectivity index (χ4v) is 3.10. The molecule has 0 spiro atoms. The van der Waals surface area contributed by atoms with Crippen molar-refractivity contribution in [1.29, 1.82) is 0 Å². The SMILES string of the molecule is CCNCc1cccc(NC(=O)c2ccc(S(=O)(=O)CC)cc2)c1. The van der Waals surface area contributed by atoms with Crippen molar-refractivity contribution < 1.29 is 13.2 Å². The number of rotatable bonds is 7. The van der Waals surface area contributed by atoms with Crippen LogP contribution in [0, 0.1) is 0 Å². The van der Waals surface area contributed by atoms with Gasteiger partial charge in [-0.2, -0.15) is 0 Å². The van der Waals surface area contributed by atoms with E-state index in [2.05, 4.69) is 10.6 Å². The standard InChI is InChI=1S/C18H22N2O3S/c1-3-19-13-14-6-5-7-16(12-14)20-18(21)15-8-10-17(11-9-15)24(22,23)4-2/h5-12,19H,3-4,13H2,1-2H3,(H,20,21). The van der Waals surface area contributed by atoms with Gasteiger partial charge in [-0.15, -0.1) is 0 Å². The molecule has 2 aromatic rings. The Labute approximate surface area is 143 Å². The summed E-state index contributed by atoms with van der Waals surface area (Å²) in [6.45, 7) is 5.25. The lowest BCUT2D eigenvalue weighted by Crippen LogP contribution is -2.14. The van der Waals surface area contributed by atoms with Crippen LogP contribution in [0.1, 0.15) is 29.8 Å². The number of benzene rings is 2. The van der Waals surface area contributed by atoms with E-state index in [1.165, 1.54) is 24.3 Å². The van der Waals surface area contributed by atoms with E-state index in [1.807, 2.05) is 31.2 Å². The van der Waals surface area contributed by atoms with Crippen molar-refractivity contribution in [3.05, 3.63) is 59.7 Å². The number of hydrogen-bond acceptors (Lipinski definition) is 4. The van der Waals surface area contributed by atoms with Crippen LogP contribution in [0.25, 0.3) is 0 Å². The average Bonchev–Trinajstić information content (AvgIpc) is 2.60. The second-order valence-corrected chi connectivity index (χ2v) is 7.64. The van der Waals surface area contributed by atoms with Gasteiger partial charge >= 0.3 is 0 Å². The summed E-state index contributed by atoms with van der Waals surface area (Å²) < 4.78 is 23.6. The van der Waals surface area contributed by atoms with E-state index >= 15 is 0 Å². The molecule has 2 N–H and O–H groups in total. The molecule has 1 amide bonds. The van der Waals surface area contributed by atoms with Crippen LogP contribution >= 0.6 is 0 Å². The summed E-state index contributed by atoms with van der Waals surface area (Å²) in [5, 5.41) is 6.06. The van der Waals surface area contributed by atoms with Crippen LogP contribution in [0.2, 0.25) is 0 Å². The molecule has 0 aliphatic carbocycles. The number of carbonyl (C=O) groups excluding carboxylic acids is 1. The van der Waals surface area contributed by atoms with E-state index < -0.39 is 9.84 Å². The summed E-state index contributed by atoms with van der Waals surface area (Å²) in [6, 6.07) is 13.6. The molecule has 0 heterocycles. The zero-order valence-corrected chi connectivity index (χ0v) is 14.7. The molecular weight excluding hydrogens is 324 g/mol. The fourth-order valence-electron chi connectivity index (χ4n) is 2.21. The molecule has 0 fully saturated rings. The summed E-state index contributed by atoms with van der Waals surface area (Å²) >= 11 is 0. The van der Waals surface area contributed by atoms with Crippen LogP contribution in [0.5, 0.6) is 0 Å². The molecule has 2 aromatic carbocycles. The van der Waals surface area contributed by atoms with E-state index in [0.717, 1.165) is 18.7 Å². The van der Waals surface area contributed by atoms with Crippen molar-refractivity contribution in [2.24, 2.45) is 0 Å². The van der Waals surface area contributed by atoms with Crippen molar-refractivity contribution in [1.82, 2.24) is 5.32 Å². The molecule has 0 aliphatic rings. The van der Waals surface area contributed by atoms with Crippen LogP contribution in [-0.4, -0.2) is 26.6 Å². The third-order valence-electron chi connectivity index (χ3n) is 3.62. The van der Waals surface area contributed by atoms with Crippen LogP contribution in [0.15, 0.2) is 53.4 Å². The Balaban J connectivity index is 2.10. The molecular formula is C18H22N2O3S. The summed E-state index contributed by atoms with van der Waals surface area (Å²) in [6.07, 6.45) is 0. The molecule has 0 saturated heterocycles. The first-order valence-electron chi connectivity index (χ1n) is 7.90. The first kappa shape index (κ1) is 18.2. The predicted octanol–water partition coefficient (Wildman–Crippen LogP) is 2.84. The largest absolute Gasteiger partial charge is 0.322 e. The van der Waals surface area contributed by atoms with Crippen molar-refractivity contribution in [3.63, 3.8) is 0 Å². The van der Waals surface area contributed by atoms with E-state index in [4.69, 9.17) is 0 Å². The van der Waals surface area contributed by atoms with Gasteiger partial charge < -0.3 is 10.6 Å². The van der Waals surface area contributed by atoms with E-state index in [-0.39, 0.29) is 16.6 Å². The first-order chi connectivity index (χ1) is 11.5.